The van der Waals surface area contributed by atoms with Crippen molar-refractivity contribution >= 4 is 33.7 Å². The van der Waals surface area contributed by atoms with Crippen molar-refractivity contribution in [3.05, 3.63) is 12.5 Å². The lowest BCUT2D eigenvalue weighted by atomic mass is 10.5. The van der Waals surface area contributed by atoms with Gasteiger partial charge in [-0.25, -0.2) is 4.98 Å². The first kappa shape index (κ1) is 10.6. The average Bonchev–Trinajstić information content (AvgIpc) is 2.65. The van der Waals surface area contributed by atoms with Crippen LogP contribution in [-0.2, 0) is 9.53 Å². The van der Waals surface area contributed by atoms with Gasteiger partial charge in [-0.1, -0.05) is 27.7 Å². The second-order valence-electron chi connectivity index (χ2n) is 2.10. The Bertz CT molecular complexity index is 265. The SMILES string of the molecule is COC(=O)C(Br)CSc1ncco1. The third-order valence-corrected chi connectivity index (χ3v) is 3.29. The second-order valence-corrected chi connectivity index (χ2v) is 4.18. The standard InChI is InChI=1S/C7H8BrNO3S/c1-11-6(10)5(8)4-13-7-9-2-3-12-7/h2-3,5H,4H2,1H3. The van der Waals surface area contributed by atoms with Gasteiger partial charge in [-0.2, -0.15) is 0 Å². The van der Waals surface area contributed by atoms with Gasteiger partial charge < -0.3 is 9.15 Å². The van der Waals surface area contributed by atoms with Gasteiger partial charge >= 0.3 is 5.97 Å². The summed E-state index contributed by atoms with van der Waals surface area (Å²) in [5, 5.41) is 0.549. The quantitative estimate of drug-likeness (QED) is 0.471. The summed E-state index contributed by atoms with van der Waals surface area (Å²) < 4.78 is 9.51. The number of methoxy groups -OCH3 is 1. The molecule has 13 heavy (non-hydrogen) atoms. The van der Waals surface area contributed by atoms with E-state index < -0.39 is 0 Å². The number of ether oxygens (including phenoxy) is 1. The molecule has 0 aliphatic rings. The van der Waals surface area contributed by atoms with Gasteiger partial charge in [0, 0.05) is 5.75 Å². The van der Waals surface area contributed by atoms with Crippen molar-refractivity contribution in [3.8, 4) is 0 Å². The Morgan fingerprint density at radius 1 is 1.92 bits per heavy atom. The molecule has 0 spiro atoms. The molecule has 1 aromatic heterocycles. The minimum atomic E-state index is -0.325. The Kier molecular flexibility index (Phi) is 4.31. The van der Waals surface area contributed by atoms with E-state index in [1.54, 1.807) is 6.20 Å². The predicted molar refractivity (Wildman–Crippen MR) is 52.0 cm³/mol. The van der Waals surface area contributed by atoms with Crippen LogP contribution >= 0.6 is 27.7 Å². The number of carbonyl (C=O) groups excluding carboxylic acids is 1. The molecule has 0 radical (unpaired) electrons. The molecule has 0 aromatic carbocycles. The molecular formula is C7H8BrNO3S. The van der Waals surface area contributed by atoms with Gasteiger partial charge in [-0.3, -0.25) is 4.79 Å². The van der Waals surface area contributed by atoms with E-state index in [1.165, 1.54) is 25.1 Å². The van der Waals surface area contributed by atoms with Gasteiger partial charge in [0.15, 0.2) is 0 Å². The highest BCUT2D eigenvalue weighted by Gasteiger charge is 2.16. The van der Waals surface area contributed by atoms with Crippen LogP contribution in [0.3, 0.4) is 0 Å². The highest BCUT2D eigenvalue weighted by molar-refractivity contribution is 9.10. The molecule has 0 saturated carbocycles. The molecule has 0 aliphatic heterocycles. The van der Waals surface area contributed by atoms with Crippen molar-refractivity contribution in [2.75, 3.05) is 12.9 Å². The summed E-state index contributed by atoms with van der Waals surface area (Å²) in [6.45, 7) is 0. The number of carbonyl (C=O) groups is 1. The lowest BCUT2D eigenvalue weighted by Crippen LogP contribution is -2.17. The number of esters is 1. The van der Waals surface area contributed by atoms with Gasteiger partial charge in [0.25, 0.3) is 5.22 Å². The molecule has 1 aromatic rings. The number of halogens is 1. The maximum absolute atomic E-state index is 10.9. The number of hydrogen-bond donors (Lipinski definition) is 0. The van der Waals surface area contributed by atoms with E-state index in [4.69, 9.17) is 4.42 Å². The van der Waals surface area contributed by atoms with Crippen LogP contribution in [0, 0.1) is 0 Å². The van der Waals surface area contributed by atoms with Crippen molar-refractivity contribution in [3.63, 3.8) is 0 Å². The molecule has 1 heterocycles. The molecule has 0 N–H and O–H groups in total. The zero-order valence-corrected chi connectivity index (χ0v) is 9.30. The van der Waals surface area contributed by atoms with Gasteiger partial charge in [-0.15, -0.1) is 0 Å². The lowest BCUT2D eigenvalue weighted by molar-refractivity contribution is -0.139. The van der Waals surface area contributed by atoms with Crippen LogP contribution in [-0.4, -0.2) is 28.6 Å². The molecule has 1 atom stereocenters. The highest BCUT2D eigenvalue weighted by Crippen LogP contribution is 2.19. The monoisotopic (exact) mass is 265 g/mol. The molecule has 0 fully saturated rings. The minimum Gasteiger partial charge on any atom is -0.468 e. The molecule has 6 heteroatoms. The maximum Gasteiger partial charge on any atom is 0.320 e. The Balaban J connectivity index is 2.30. The lowest BCUT2D eigenvalue weighted by Gasteiger charge is -2.04. The van der Waals surface area contributed by atoms with E-state index in [0.29, 0.717) is 11.0 Å². The topological polar surface area (TPSA) is 52.3 Å². The van der Waals surface area contributed by atoms with Crippen molar-refractivity contribution < 1.29 is 13.9 Å². The Hall–Kier alpha value is -0.490. The third-order valence-electron chi connectivity index (χ3n) is 1.22. The summed E-state index contributed by atoms with van der Waals surface area (Å²) >= 11 is 4.54. The zero-order chi connectivity index (χ0) is 9.68. The van der Waals surface area contributed by atoms with E-state index in [0.717, 1.165) is 0 Å². The number of nitrogens with zero attached hydrogens (tertiary/aromatic N) is 1. The summed E-state index contributed by atoms with van der Waals surface area (Å²) in [5.41, 5.74) is 0. The Morgan fingerprint density at radius 2 is 2.69 bits per heavy atom. The van der Waals surface area contributed by atoms with Crippen molar-refractivity contribution in [2.24, 2.45) is 0 Å². The van der Waals surface area contributed by atoms with Crippen LogP contribution in [0.15, 0.2) is 22.1 Å². The zero-order valence-electron chi connectivity index (χ0n) is 6.90. The normalized spacial score (nSPS) is 12.5. The molecule has 0 bridgehead atoms. The van der Waals surface area contributed by atoms with E-state index in [1.807, 2.05) is 0 Å². The molecule has 0 saturated heterocycles. The van der Waals surface area contributed by atoms with Crippen LogP contribution in [0.2, 0.25) is 0 Å². The fourth-order valence-electron chi connectivity index (χ4n) is 0.622. The molecule has 72 valence electrons. The number of rotatable bonds is 4. The predicted octanol–water partition coefficient (Wildman–Crippen LogP) is 1.70. The van der Waals surface area contributed by atoms with Crippen molar-refractivity contribution in [2.45, 2.75) is 10.0 Å². The maximum atomic E-state index is 10.9. The fraction of sp³-hybridized carbons (Fsp3) is 0.429. The van der Waals surface area contributed by atoms with Gasteiger partial charge in [0.1, 0.15) is 11.1 Å². The first-order valence-corrected chi connectivity index (χ1v) is 5.38. The number of thioether (sulfide) groups is 1. The van der Waals surface area contributed by atoms with Crippen LogP contribution in [0.5, 0.6) is 0 Å². The van der Waals surface area contributed by atoms with Crippen molar-refractivity contribution in [1.82, 2.24) is 4.98 Å². The van der Waals surface area contributed by atoms with E-state index in [9.17, 15) is 4.79 Å². The molecule has 1 unspecified atom stereocenters. The summed E-state index contributed by atoms with van der Waals surface area (Å²) in [6, 6.07) is 0. The fourth-order valence-corrected chi connectivity index (χ4v) is 1.89. The van der Waals surface area contributed by atoms with Crippen LogP contribution < -0.4 is 0 Å². The second kappa shape index (κ2) is 5.29. The number of aromatic nitrogens is 1. The van der Waals surface area contributed by atoms with Crippen LogP contribution in [0.1, 0.15) is 0 Å². The number of hydrogen-bond acceptors (Lipinski definition) is 5. The Morgan fingerprint density at radius 3 is 3.23 bits per heavy atom. The van der Waals surface area contributed by atoms with Gasteiger partial charge in [0.05, 0.1) is 13.3 Å². The van der Waals surface area contributed by atoms with Gasteiger partial charge in [-0.05, 0) is 0 Å². The summed E-state index contributed by atoms with van der Waals surface area (Å²) in [4.78, 5) is 14.5. The van der Waals surface area contributed by atoms with Gasteiger partial charge in [0.2, 0.25) is 0 Å². The minimum absolute atomic E-state index is 0.293. The Labute approximate surface area is 88.2 Å². The smallest absolute Gasteiger partial charge is 0.320 e. The average molecular weight is 266 g/mol. The van der Waals surface area contributed by atoms with Crippen LogP contribution in [0.4, 0.5) is 0 Å². The molecule has 0 amide bonds. The van der Waals surface area contributed by atoms with Crippen LogP contribution in [0.25, 0.3) is 0 Å². The third kappa shape index (κ3) is 3.40. The first-order valence-electron chi connectivity index (χ1n) is 3.48. The molecule has 1 rings (SSSR count). The molecule has 4 nitrogen and oxygen atoms in total. The van der Waals surface area contributed by atoms with Crippen molar-refractivity contribution in [1.29, 1.82) is 0 Å². The number of alkyl halides is 1. The molecular weight excluding hydrogens is 258 g/mol. The molecule has 0 aliphatic carbocycles. The summed E-state index contributed by atoms with van der Waals surface area (Å²) in [6.07, 6.45) is 3.05. The highest BCUT2D eigenvalue weighted by atomic mass is 79.9. The summed E-state index contributed by atoms with van der Waals surface area (Å²) in [5.74, 6) is 0.242. The number of oxazole rings is 1. The van der Waals surface area contributed by atoms with E-state index in [-0.39, 0.29) is 10.8 Å². The van der Waals surface area contributed by atoms with E-state index >= 15 is 0 Å². The first-order chi connectivity index (χ1) is 6.24. The largest absolute Gasteiger partial charge is 0.468 e. The van der Waals surface area contributed by atoms with E-state index in [2.05, 4.69) is 25.7 Å². The summed E-state index contributed by atoms with van der Waals surface area (Å²) in [7, 11) is 1.35.